The van der Waals surface area contributed by atoms with Crippen molar-refractivity contribution in [3.05, 3.63) is 90.1 Å². The van der Waals surface area contributed by atoms with Gasteiger partial charge in [-0.3, -0.25) is 43.3 Å². The van der Waals surface area contributed by atoms with Gasteiger partial charge in [0.1, 0.15) is 36.3 Å². The molecule has 0 aliphatic carbocycles. The maximum Gasteiger partial charge on any atom is 0.326 e. The summed E-state index contributed by atoms with van der Waals surface area (Å²) in [4.78, 5) is 135. The molecular weight excluding hydrogens is 999 g/mol. The number of nitrogens with two attached hydrogens (primary N) is 4. The van der Waals surface area contributed by atoms with E-state index in [9.17, 15) is 53.4 Å². The fraction of sp³-hybridized carbons (Fsp3) is 0.471. The van der Waals surface area contributed by atoms with Crippen LogP contribution >= 0.6 is 0 Å². The van der Waals surface area contributed by atoms with E-state index in [1.807, 2.05) is 19.1 Å². The highest BCUT2D eigenvalue weighted by Crippen LogP contribution is 2.20. The van der Waals surface area contributed by atoms with Crippen molar-refractivity contribution in [3.63, 3.8) is 0 Å². The van der Waals surface area contributed by atoms with E-state index in [0.717, 1.165) is 17.3 Å². The van der Waals surface area contributed by atoms with Crippen LogP contribution in [0.3, 0.4) is 0 Å². The third-order valence-corrected chi connectivity index (χ3v) is 12.3. The van der Waals surface area contributed by atoms with Gasteiger partial charge >= 0.3 is 11.9 Å². The number of hydrogen-bond acceptors (Lipinski definition) is 13. The number of aliphatic carboxylic acids is 2. The quantitative estimate of drug-likeness (QED) is 0.0143. The molecule has 26 nitrogen and oxygen atoms in total. The van der Waals surface area contributed by atoms with E-state index in [0.29, 0.717) is 49.0 Å². The lowest BCUT2D eigenvalue weighted by Gasteiger charge is -2.27. The van der Waals surface area contributed by atoms with Gasteiger partial charge < -0.3 is 80.3 Å². The highest BCUT2D eigenvalue weighted by Gasteiger charge is 2.34. The number of nitrogens with zero attached hydrogens (tertiary/aromatic N) is 2. The van der Waals surface area contributed by atoms with Crippen molar-refractivity contribution in [1.82, 2.24) is 52.2 Å². The van der Waals surface area contributed by atoms with Crippen LogP contribution in [0.25, 0.3) is 10.9 Å². The number of imidazole rings is 1. The highest BCUT2D eigenvalue weighted by atomic mass is 16.4. The number of carboxylic acids is 2. The maximum absolute atomic E-state index is 14.7. The number of nitrogens with one attached hydrogen (secondary N) is 9. The smallest absolute Gasteiger partial charge is 0.326 e. The Balaban J connectivity index is 1.65. The zero-order valence-corrected chi connectivity index (χ0v) is 43.1. The second kappa shape index (κ2) is 32.1. The Morgan fingerprint density at radius 3 is 1.86 bits per heavy atom. The lowest BCUT2D eigenvalue weighted by Crippen LogP contribution is -2.60. The molecule has 4 aromatic rings. The van der Waals surface area contributed by atoms with E-state index in [1.165, 1.54) is 12.5 Å². The van der Waals surface area contributed by atoms with Crippen LogP contribution in [0.5, 0.6) is 0 Å². The summed E-state index contributed by atoms with van der Waals surface area (Å²) in [5.74, 6) is -8.55. The van der Waals surface area contributed by atoms with Gasteiger partial charge in [-0.25, -0.2) is 9.78 Å². The second-order valence-electron chi connectivity index (χ2n) is 18.4. The molecule has 4 rings (SSSR count). The van der Waals surface area contributed by atoms with Crippen LogP contribution in [0, 0.1) is 0 Å². The Morgan fingerprint density at radius 1 is 0.636 bits per heavy atom. The Bertz CT molecular complexity index is 2610. The van der Waals surface area contributed by atoms with E-state index in [4.69, 9.17) is 22.9 Å². The normalized spacial score (nSPS) is 13.8. The first-order chi connectivity index (χ1) is 36.9. The Hall–Kier alpha value is -8.39. The molecule has 0 saturated carbocycles. The van der Waals surface area contributed by atoms with E-state index in [2.05, 4.69) is 57.2 Å². The molecule has 0 saturated heterocycles. The second-order valence-corrected chi connectivity index (χ2v) is 18.4. The number of para-hydroxylation sites is 1. The average Bonchev–Trinajstić information content (AvgIpc) is 4.08. The van der Waals surface area contributed by atoms with Crippen molar-refractivity contribution in [3.8, 4) is 0 Å². The van der Waals surface area contributed by atoms with Crippen molar-refractivity contribution < 1.29 is 53.4 Å². The van der Waals surface area contributed by atoms with Crippen molar-refractivity contribution in [2.24, 2.45) is 27.9 Å². The van der Waals surface area contributed by atoms with E-state index in [-0.39, 0.29) is 57.5 Å². The molecule has 2 aromatic heterocycles. The Labute approximate surface area is 444 Å². The fourth-order valence-corrected chi connectivity index (χ4v) is 8.13. The molecule has 26 heteroatoms. The van der Waals surface area contributed by atoms with Crippen molar-refractivity contribution in [2.75, 3.05) is 19.6 Å². The first kappa shape index (κ1) is 61.2. The van der Waals surface area contributed by atoms with Crippen LogP contribution < -0.4 is 60.2 Å². The van der Waals surface area contributed by atoms with E-state index < -0.39 is 109 Å². The molecule has 77 heavy (non-hydrogen) atoms. The summed E-state index contributed by atoms with van der Waals surface area (Å²) in [6, 6.07) is 6.44. The first-order valence-electron chi connectivity index (χ1n) is 25.5. The molecule has 0 bridgehead atoms. The predicted octanol–water partition coefficient (Wildman–Crippen LogP) is -1.41. The number of aromatic amines is 2. The minimum absolute atomic E-state index is 0.0255. The number of H-pyrrole nitrogens is 2. The van der Waals surface area contributed by atoms with Crippen LogP contribution in [-0.2, 0) is 62.4 Å². The minimum Gasteiger partial charge on any atom is -0.481 e. The number of amides is 7. The summed E-state index contributed by atoms with van der Waals surface area (Å²) >= 11 is 0. The summed E-state index contributed by atoms with van der Waals surface area (Å²) < 4.78 is 0. The van der Waals surface area contributed by atoms with Gasteiger partial charge in [0.25, 0.3) is 0 Å². The van der Waals surface area contributed by atoms with Crippen LogP contribution in [-0.4, -0.2) is 146 Å². The number of rotatable bonds is 35. The number of unbranched alkanes of at least 4 members (excludes halogenated alkanes) is 2. The zero-order chi connectivity index (χ0) is 56.3. The predicted molar refractivity (Wildman–Crippen MR) is 284 cm³/mol. The number of aromatic nitrogens is 3. The molecule has 0 aliphatic rings. The first-order valence-corrected chi connectivity index (χ1v) is 25.5. The summed E-state index contributed by atoms with van der Waals surface area (Å²) in [5.41, 5.74) is 25.1. The third-order valence-electron chi connectivity index (χ3n) is 12.3. The monoisotopic (exact) mass is 1070 g/mol. The van der Waals surface area contributed by atoms with Gasteiger partial charge in [-0.1, -0.05) is 68.3 Å². The van der Waals surface area contributed by atoms with Gasteiger partial charge in [0.05, 0.1) is 18.9 Å². The van der Waals surface area contributed by atoms with Crippen molar-refractivity contribution in [2.45, 2.75) is 133 Å². The summed E-state index contributed by atoms with van der Waals surface area (Å²) in [5, 5.41) is 38.1. The molecule has 7 amide bonds. The molecule has 7 atom stereocenters. The van der Waals surface area contributed by atoms with Crippen LogP contribution in [0.1, 0.15) is 88.0 Å². The third kappa shape index (κ3) is 21.4. The molecule has 2 aromatic carbocycles. The van der Waals surface area contributed by atoms with E-state index in [1.54, 1.807) is 48.7 Å². The SMILES string of the molecule is CCCC[C@H](N)C(=O)N[C@@H](CCC(=O)O)C(=O)N[C@@H](Cc1cnc[nH]1)C(=O)N[C@@H](Cc1ccccc1)C(=O)N[C@@H](CCCN=C(N)N)C(=O)N[C@H](Cc1c[nH]c2ccccc12)C(=O)NCC(=O)N[C@@H](CCCCN)C(=O)O. The number of hydrogen-bond donors (Lipinski definition) is 15. The fourth-order valence-electron chi connectivity index (χ4n) is 8.13. The molecule has 0 radical (unpaired) electrons. The number of guanidine groups is 1. The van der Waals surface area contributed by atoms with Gasteiger partial charge in [0.15, 0.2) is 5.96 Å². The standard InChI is InChI=1S/C51H73N15O11/c1-2-3-15-34(53)44(70)62-37(19-20-43(68)69)47(73)66-41(25-32-27-56-29-60-32)49(75)64-39(23-30-12-5-4-6-13-30)48(74)63-36(18-11-22-57-51(54)55)46(72)65-40(24-31-26-58-35-16-8-7-14-33(31)35)45(71)59-28-42(67)61-38(50(76)77)17-9-10-21-52/h4-8,12-14,16,26-27,29,34,36-41,58H,2-3,9-11,15,17-25,28,52-53H2,1H3,(H,56,60)(H,59,71)(H,61,67)(H,62,70)(H,63,74)(H,64,75)(H,65,72)(H,66,73)(H,68,69)(H,76,77)(H4,54,55,57)/t34-,36-,37-,38-,39-,40+,41-/m0/s1. The molecule has 0 fully saturated rings. The van der Waals surface area contributed by atoms with Gasteiger partial charge in [-0.2, -0.15) is 0 Å². The summed E-state index contributed by atoms with van der Waals surface area (Å²) in [7, 11) is 0. The molecule has 418 valence electrons. The number of carbonyl (C=O) groups excluding carboxylic acids is 7. The largest absolute Gasteiger partial charge is 0.481 e. The molecule has 0 spiro atoms. The Morgan fingerprint density at radius 2 is 1.23 bits per heavy atom. The molecular formula is C51H73N15O11. The van der Waals surface area contributed by atoms with E-state index >= 15 is 0 Å². The highest BCUT2D eigenvalue weighted by molar-refractivity contribution is 5.98. The molecule has 2 heterocycles. The van der Waals surface area contributed by atoms with Crippen LogP contribution in [0.2, 0.25) is 0 Å². The number of fused-ring (bicyclic) bond motifs is 1. The summed E-state index contributed by atoms with van der Waals surface area (Å²) in [6.45, 7) is 1.62. The zero-order valence-electron chi connectivity index (χ0n) is 43.1. The minimum atomic E-state index is -1.46. The molecule has 0 unspecified atom stereocenters. The summed E-state index contributed by atoms with van der Waals surface area (Å²) in [6.07, 6.45) is 5.86. The van der Waals surface area contributed by atoms with Crippen molar-refractivity contribution in [1.29, 1.82) is 0 Å². The Kier molecular flexibility index (Phi) is 25.5. The number of benzene rings is 2. The average molecular weight is 1070 g/mol. The van der Waals surface area contributed by atoms with Gasteiger partial charge in [-0.05, 0) is 68.7 Å². The van der Waals surface area contributed by atoms with Crippen molar-refractivity contribution >= 4 is 70.2 Å². The lowest BCUT2D eigenvalue weighted by molar-refractivity contribution is -0.142. The van der Waals surface area contributed by atoms with Gasteiger partial charge in [0.2, 0.25) is 41.4 Å². The van der Waals surface area contributed by atoms with Gasteiger partial charge in [0, 0.05) is 61.2 Å². The topological polar surface area (TPSA) is 439 Å². The van der Waals surface area contributed by atoms with Crippen LogP contribution in [0.15, 0.2) is 78.3 Å². The lowest BCUT2D eigenvalue weighted by atomic mass is 10.0. The molecule has 19 N–H and O–H groups in total. The number of carbonyl (C=O) groups is 9. The maximum atomic E-state index is 14.7. The number of aliphatic imine (C=N–C) groups is 1. The van der Waals surface area contributed by atoms with Gasteiger partial charge in [-0.15, -0.1) is 0 Å². The van der Waals surface area contributed by atoms with Crippen LogP contribution in [0.4, 0.5) is 0 Å². The molecule has 0 aliphatic heterocycles. The number of carboxylic acid groups (broad SMARTS) is 2.